The van der Waals surface area contributed by atoms with Crippen molar-refractivity contribution in [1.82, 2.24) is 9.55 Å². The van der Waals surface area contributed by atoms with Crippen molar-refractivity contribution >= 4 is 23.1 Å². The van der Waals surface area contributed by atoms with E-state index in [1.165, 1.54) is 11.3 Å². The molecule has 8 heteroatoms. The Labute approximate surface area is 153 Å². The third-order valence-electron chi connectivity index (χ3n) is 4.69. The maximum absolute atomic E-state index is 12.8. The quantitative estimate of drug-likeness (QED) is 0.802. The summed E-state index contributed by atoms with van der Waals surface area (Å²) in [6.07, 6.45) is 0. The molecule has 2 N–H and O–H groups in total. The van der Waals surface area contributed by atoms with E-state index in [-0.39, 0.29) is 12.5 Å². The molecule has 7 nitrogen and oxygen atoms in total. The van der Waals surface area contributed by atoms with Crippen LogP contribution >= 0.6 is 11.3 Å². The lowest BCUT2D eigenvalue weighted by Gasteiger charge is -2.28. The monoisotopic (exact) mass is 373 g/mol. The molecule has 0 radical (unpaired) electrons. The van der Waals surface area contributed by atoms with E-state index in [9.17, 15) is 14.4 Å². The average Bonchev–Trinajstić information content (AvgIpc) is 3.15. The topological polar surface area (TPSA) is 93.2 Å². The second kappa shape index (κ2) is 5.98. The minimum atomic E-state index is -0.529. The molecule has 4 heterocycles. The number of esters is 1. The average molecular weight is 373 g/mol. The van der Waals surface area contributed by atoms with Gasteiger partial charge in [0.25, 0.3) is 5.56 Å². The van der Waals surface area contributed by atoms with Crippen molar-refractivity contribution in [3.63, 3.8) is 0 Å². The molecule has 2 aromatic rings. The molecule has 2 aliphatic heterocycles. The molecular formula is C18H19N3O4S. The summed E-state index contributed by atoms with van der Waals surface area (Å²) in [5, 5.41) is 5.07. The van der Waals surface area contributed by atoms with Gasteiger partial charge < -0.3 is 10.1 Å². The van der Waals surface area contributed by atoms with Crippen molar-refractivity contribution < 1.29 is 9.53 Å². The zero-order valence-corrected chi connectivity index (χ0v) is 15.5. The Balaban J connectivity index is 2.04. The molecule has 136 valence electrons. The zero-order valence-electron chi connectivity index (χ0n) is 14.7. The molecule has 4 rings (SSSR count). The maximum Gasteiger partial charge on any atom is 0.337 e. The summed E-state index contributed by atoms with van der Waals surface area (Å²) in [5.41, 5.74) is 1.56. The number of hydrogen-bond acceptors (Lipinski definition) is 6. The lowest BCUT2D eigenvalue weighted by atomic mass is 9.86. The smallest absolute Gasteiger partial charge is 0.337 e. The summed E-state index contributed by atoms with van der Waals surface area (Å²) in [6, 6.07) is 1.96. The molecule has 26 heavy (non-hydrogen) atoms. The van der Waals surface area contributed by atoms with Gasteiger partial charge in [0.1, 0.15) is 12.4 Å². The number of carbonyl (C=O) groups is 1. The van der Waals surface area contributed by atoms with Gasteiger partial charge in [-0.15, -0.1) is 11.3 Å². The van der Waals surface area contributed by atoms with Gasteiger partial charge in [0.15, 0.2) is 0 Å². The number of nitrogens with zero attached hydrogens (tertiary/aromatic N) is 1. The van der Waals surface area contributed by atoms with Crippen molar-refractivity contribution in [3.05, 3.63) is 59.6 Å². The van der Waals surface area contributed by atoms with E-state index in [0.717, 1.165) is 10.4 Å². The highest BCUT2D eigenvalue weighted by Gasteiger charge is 2.42. The molecular weight excluding hydrogens is 354 g/mol. The van der Waals surface area contributed by atoms with Crippen LogP contribution in [0.5, 0.6) is 0 Å². The Hall–Kier alpha value is -2.61. The summed E-state index contributed by atoms with van der Waals surface area (Å²) in [7, 11) is 0. The van der Waals surface area contributed by atoms with E-state index in [2.05, 4.69) is 10.3 Å². The number of carbonyl (C=O) groups excluding carboxylic acids is 1. The molecule has 0 saturated heterocycles. The predicted octanol–water partition coefficient (Wildman–Crippen LogP) is 1.93. The van der Waals surface area contributed by atoms with Crippen LogP contribution < -0.4 is 16.6 Å². The van der Waals surface area contributed by atoms with Gasteiger partial charge in [-0.25, -0.2) is 9.59 Å². The van der Waals surface area contributed by atoms with Gasteiger partial charge >= 0.3 is 11.7 Å². The molecule has 2 aliphatic rings. The van der Waals surface area contributed by atoms with Gasteiger partial charge in [-0.2, -0.15) is 0 Å². The van der Waals surface area contributed by atoms with E-state index in [0.29, 0.717) is 29.2 Å². The molecule has 0 spiro atoms. The van der Waals surface area contributed by atoms with E-state index in [1.807, 2.05) is 32.2 Å². The number of H-pyrrole nitrogens is 1. The fraction of sp³-hybridized carbons (Fsp3) is 0.389. The van der Waals surface area contributed by atoms with Crippen LogP contribution in [0.3, 0.4) is 0 Å². The summed E-state index contributed by atoms with van der Waals surface area (Å²) < 4.78 is 6.77. The van der Waals surface area contributed by atoms with Crippen molar-refractivity contribution in [2.75, 3.05) is 11.9 Å². The minimum Gasteiger partial charge on any atom is -0.456 e. The molecule has 1 atom stereocenters. The highest BCUT2D eigenvalue weighted by Crippen LogP contribution is 2.44. The number of hydrogen-bond donors (Lipinski definition) is 2. The van der Waals surface area contributed by atoms with Gasteiger partial charge in [-0.1, -0.05) is 13.8 Å². The number of nitrogens with one attached hydrogen (secondary N) is 2. The van der Waals surface area contributed by atoms with Crippen molar-refractivity contribution in [2.24, 2.45) is 5.92 Å². The van der Waals surface area contributed by atoms with Crippen LogP contribution in [-0.4, -0.2) is 22.1 Å². The minimum absolute atomic E-state index is 0.122. The number of fused-ring (bicyclic) bond motifs is 1. The van der Waals surface area contributed by atoms with Crippen molar-refractivity contribution in [3.8, 4) is 0 Å². The van der Waals surface area contributed by atoms with Crippen molar-refractivity contribution in [2.45, 2.75) is 33.2 Å². The lowest BCUT2D eigenvalue weighted by molar-refractivity contribution is -0.136. The molecule has 0 unspecified atom stereocenters. The molecule has 0 aliphatic carbocycles. The fourth-order valence-corrected chi connectivity index (χ4v) is 4.61. The second-order valence-corrected chi connectivity index (χ2v) is 7.97. The number of rotatable bonds is 3. The number of ether oxygens (including phenoxy) is 1. The second-order valence-electron chi connectivity index (χ2n) is 7.02. The number of cyclic esters (lactones) is 1. The normalized spacial score (nSPS) is 18.6. The van der Waals surface area contributed by atoms with Gasteiger partial charge in [-0.3, -0.25) is 14.3 Å². The third kappa shape index (κ3) is 2.44. The van der Waals surface area contributed by atoms with Crippen LogP contribution in [0.1, 0.15) is 35.8 Å². The van der Waals surface area contributed by atoms with Crippen LogP contribution in [0.2, 0.25) is 0 Å². The van der Waals surface area contributed by atoms with Crippen LogP contribution in [0, 0.1) is 12.8 Å². The van der Waals surface area contributed by atoms with Crippen LogP contribution in [0.4, 0.5) is 5.82 Å². The zero-order chi connectivity index (χ0) is 18.6. The highest BCUT2D eigenvalue weighted by atomic mass is 32.1. The largest absolute Gasteiger partial charge is 0.456 e. The maximum atomic E-state index is 12.8. The van der Waals surface area contributed by atoms with E-state index in [1.54, 1.807) is 4.57 Å². The number of thiophene rings is 1. The first-order chi connectivity index (χ1) is 12.4. The Morgan fingerprint density at radius 3 is 2.77 bits per heavy atom. The van der Waals surface area contributed by atoms with E-state index >= 15 is 0 Å². The Morgan fingerprint density at radius 1 is 1.35 bits per heavy atom. The van der Waals surface area contributed by atoms with Gasteiger partial charge in [0.2, 0.25) is 0 Å². The summed E-state index contributed by atoms with van der Waals surface area (Å²) in [6.45, 7) is 6.53. The fourth-order valence-electron chi connectivity index (χ4n) is 3.57. The first-order valence-corrected chi connectivity index (χ1v) is 9.34. The summed E-state index contributed by atoms with van der Waals surface area (Å²) in [5.74, 6) is -0.276. The van der Waals surface area contributed by atoms with Crippen LogP contribution in [0.15, 0.2) is 32.3 Å². The molecule has 0 amide bonds. The molecule has 0 aromatic carbocycles. The van der Waals surface area contributed by atoms with Crippen LogP contribution in [-0.2, 0) is 16.1 Å². The van der Waals surface area contributed by atoms with Gasteiger partial charge in [0, 0.05) is 11.4 Å². The van der Waals surface area contributed by atoms with Crippen molar-refractivity contribution in [1.29, 1.82) is 0 Å². The first-order valence-electron chi connectivity index (χ1n) is 8.46. The highest BCUT2D eigenvalue weighted by molar-refractivity contribution is 7.10. The Morgan fingerprint density at radius 2 is 2.12 bits per heavy atom. The molecule has 0 fully saturated rings. The Kier molecular flexibility index (Phi) is 3.87. The summed E-state index contributed by atoms with van der Waals surface area (Å²) >= 11 is 1.49. The number of aryl methyl sites for hydroxylation is 1. The molecule has 0 bridgehead atoms. The molecule has 0 saturated carbocycles. The van der Waals surface area contributed by atoms with Crippen LogP contribution in [0.25, 0.3) is 0 Å². The summed E-state index contributed by atoms with van der Waals surface area (Å²) in [4.78, 5) is 40.9. The SMILES string of the molecule is Cc1ccsc1[C@H]1C2=C(COC2=O)Nc2c1c(=O)[nH]c(=O)n2CC(C)C. The van der Waals surface area contributed by atoms with Gasteiger partial charge in [-0.05, 0) is 29.9 Å². The lowest BCUT2D eigenvalue weighted by Crippen LogP contribution is -2.39. The molecule has 2 aromatic heterocycles. The van der Waals surface area contributed by atoms with E-state index in [4.69, 9.17) is 4.74 Å². The standard InChI is InChI=1S/C18H19N3O4S/c1-8(2)6-21-15-13(16(22)20-18(21)24)12(14-9(3)4-5-26-14)11-10(19-15)7-25-17(11)23/h4-5,8,12,19H,6-7H2,1-3H3,(H,20,22,24)/t12-/m0/s1. The number of anilines is 1. The first kappa shape index (κ1) is 16.8. The Bertz CT molecular complexity index is 1060. The number of aromatic amines is 1. The predicted molar refractivity (Wildman–Crippen MR) is 98.7 cm³/mol. The van der Waals surface area contributed by atoms with E-state index < -0.39 is 23.1 Å². The van der Waals surface area contributed by atoms with Gasteiger partial charge in [0.05, 0.1) is 22.8 Å². The third-order valence-corrected chi connectivity index (χ3v) is 5.77. The number of aromatic nitrogens is 2.